The fourth-order valence-electron chi connectivity index (χ4n) is 3.59. The van der Waals surface area contributed by atoms with Crippen molar-refractivity contribution in [3.05, 3.63) is 42.4 Å². The van der Waals surface area contributed by atoms with Crippen LogP contribution in [0.15, 0.2) is 36.8 Å². The molecule has 1 aliphatic heterocycles. The van der Waals surface area contributed by atoms with Crippen molar-refractivity contribution in [2.75, 3.05) is 11.5 Å². The van der Waals surface area contributed by atoms with Gasteiger partial charge in [0.2, 0.25) is 5.95 Å². The van der Waals surface area contributed by atoms with Crippen LogP contribution in [0.2, 0.25) is 0 Å². The minimum Gasteiger partial charge on any atom is -0.489 e. The fraction of sp³-hybridized carbons (Fsp3) is 0.167. The van der Waals surface area contributed by atoms with Crippen molar-refractivity contribution in [1.82, 2.24) is 19.5 Å². The molecular formula is C18H16N6O. The van der Waals surface area contributed by atoms with Crippen molar-refractivity contribution < 1.29 is 4.74 Å². The van der Waals surface area contributed by atoms with E-state index in [0.29, 0.717) is 11.3 Å². The van der Waals surface area contributed by atoms with Crippen molar-refractivity contribution in [1.29, 1.82) is 0 Å². The standard InChI is InChI=1S/C18H16N6O/c1-9-6-11-13(24-5-3-10-2-4-21-8-14(10)24)7-12-15(16(11)25-9)17(19)23-18(20)22-12/h2-5,7-9H,6H2,1H3,(H4,19,20,22,23). The average molecular weight is 332 g/mol. The van der Waals surface area contributed by atoms with Gasteiger partial charge in [0, 0.05) is 29.8 Å². The topological polar surface area (TPSA) is 105 Å². The molecule has 4 aromatic rings. The highest BCUT2D eigenvalue weighted by Gasteiger charge is 2.28. The van der Waals surface area contributed by atoms with Gasteiger partial charge in [0.1, 0.15) is 17.7 Å². The van der Waals surface area contributed by atoms with Gasteiger partial charge in [-0.05, 0) is 25.1 Å². The normalized spacial score (nSPS) is 16.3. The van der Waals surface area contributed by atoms with E-state index in [1.54, 1.807) is 6.20 Å². The van der Waals surface area contributed by atoms with Crippen LogP contribution in [0.25, 0.3) is 27.5 Å². The third kappa shape index (κ3) is 1.95. The molecule has 3 aromatic heterocycles. The molecule has 0 spiro atoms. The Kier molecular flexibility index (Phi) is 2.71. The number of nitrogen functional groups attached to an aromatic ring is 2. The second-order valence-corrected chi connectivity index (χ2v) is 6.32. The highest BCUT2D eigenvalue weighted by Crippen LogP contribution is 2.42. The zero-order valence-corrected chi connectivity index (χ0v) is 13.6. The first-order valence-electron chi connectivity index (χ1n) is 8.08. The molecule has 1 atom stereocenters. The summed E-state index contributed by atoms with van der Waals surface area (Å²) in [7, 11) is 0. The number of hydrogen-bond acceptors (Lipinski definition) is 6. The maximum absolute atomic E-state index is 6.11. The van der Waals surface area contributed by atoms with E-state index < -0.39 is 0 Å². The largest absolute Gasteiger partial charge is 0.489 e. The lowest BCUT2D eigenvalue weighted by atomic mass is 10.0. The SMILES string of the molecule is CC1Cc2c(-n3ccc4ccncc43)cc3nc(N)nc(N)c3c2O1. The number of ether oxygens (including phenoxy) is 1. The third-order valence-electron chi connectivity index (χ3n) is 4.63. The quantitative estimate of drug-likeness (QED) is 0.555. The number of benzene rings is 1. The summed E-state index contributed by atoms with van der Waals surface area (Å²) in [6, 6.07) is 6.05. The van der Waals surface area contributed by atoms with Gasteiger partial charge in [-0.25, -0.2) is 4.98 Å². The Bertz CT molecular complexity index is 1150. The van der Waals surface area contributed by atoms with E-state index in [2.05, 4.69) is 25.6 Å². The summed E-state index contributed by atoms with van der Waals surface area (Å²) in [6.45, 7) is 2.04. The van der Waals surface area contributed by atoms with Gasteiger partial charge in [-0.2, -0.15) is 4.98 Å². The summed E-state index contributed by atoms with van der Waals surface area (Å²) in [5.41, 5.74) is 15.7. The number of anilines is 2. The first-order valence-corrected chi connectivity index (χ1v) is 8.08. The lowest BCUT2D eigenvalue weighted by Crippen LogP contribution is -2.06. The van der Waals surface area contributed by atoms with Crippen LogP contribution in [-0.2, 0) is 6.42 Å². The molecule has 0 bridgehead atoms. The lowest BCUT2D eigenvalue weighted by Gasteiger charge is -2.14. The van der Waals surface area contributed by atoms with Gasteiger partial charge in [-0.3, -0.25) is 4.98 Å². The smallest absolute Gasteiger partial charge is 0.222 e. The van der Waals surface area contributed by atoms with E-state index in [4.69, 9.17) is 16.2 Å². The lowest BCUT2D eigenvalue weighted by molar-refractivity contribution is 0.257. The highest BCUT2D eigenvalue weighted by molar-refractivity contribution is 5.98. The molecule has 1 unspecified atom stereocenters. The van der Waals surface area contributed by atoms with Crippen LogP contribution < -0.4 is 16.2 Å². The van der Waals surface area contributed by atoms with Crippen molar-refractivity contribution >= 4 is 33.6 Å². The molecule has 0 saturated heterocycles. The van der Waals surface area contributed by atoms with Gasteiger partial charge in [0.05, 0.1) is 28.3 Å². The molecule has 25 heavy (non-hydrogen) atoms. The Morgan fingerprint density at radius 3 is 3.00 bits per heavy atom. The van der Waals surface area contributed by atoms with Crippen LogP contribution in [0.4, 0.5) is 11.8 Å². The predicted octanol–water partition coefficient (Wildman–Crippen LogP) is 2.46. The van der Waals surface area contributed by atoms with Crippen molar-refractivity contribution in [2.24, 2.45) is 0 Å². The molecule has 0 radical (unpaired) electrons. The molecule has 4 heterocycles. The van der Waals surface area contributed by atoms with Crippen LogP contribution in [-0.4, -0.2) is 25.6 Å². The third-order valence-corrected chi connectivity index (χ3v) is 4.63. The van der Waals surface area contributed by atoms with Crippen LogP contribution in [0.3, 0.4) is 0 Å². The average Bonchev–Trinajstić information content (AvgIpc) is 3.16. The van der Waals surface area contributed by atoms with Crippen LogP contribution in [0.1, 0.15) is 12.5 Å². The van der Waals surface area contributed by atoms with Crippen molar-refractivity contribution in [3.8, 4) is 11.4 Å². The number of aromatic nitrogens is 4. The van der Waals surface area contributed by atoms with Gasteiger partial charge in [0.15, 0.2) is 0 Å². The molecule has 1 aromatic carbocycles. The monoisotopic (exact) mass is 332 g/mol. The molecular weight excluding hydrogens is 316 g/mol. The fourth-order valence-corrected chi connectivity index (χ4v) is 3.59. The van der Waals surface area contributed by atoms with Gasteiger partial charge in [-0.15, -0.1) is 0 Å². The van der Waals surface area contributed by atoms with Gasteiger partial charge < -0.3 is 20.8 Å². The summed E-state index contributed by atoms with van der Waals surface area (Å²) < 4.78 is 8.17. The van der Waals surface area contributed by atoms with Crippen LogP contribution in [0.5, 0.6) is 5.75 Å². The molecule has 124 valence electrons. The summed E-state index contributed by atoms with van der Waals surface area (Å²) in [6.07, 6.45) is 6.54. The molecule has 5 rings (SSSR count). The summed E-state index contributed by atoms with van der Waals surface area (Å²) >= 11 is 0. The van der Waals surface area contributed by atoms with Gasteiger partial charge in [-0.1, -0.05) is 0 Å². The molecule has 7 nitrogen and oxygen atoms in total. The Morgan fingerprint density at radius 1 is 1.24 bits per heavy atom. The van der Waals surface area contributed by atoms with Crippen LogP contribution >= 0.6 is 0 Å². The maximum Gasteiger partial charge on any atom is 0.222 e. The zero-order chi connectivity index (χ0) is 17.1. The molecule has 4 N–H and O–H groups in total. The molecule has 0 aliphatic carbocycles. The van der Waals surface area contributed by atoms with E-state index in [1.165, 1.54) is 0 Å². The first-order chi connectivity index (χ1) is 12.1. The van der Waals surface area contributed by atoms with Gasteiger partial charge in [0.25, 0.3) is 0 Å². The number of hydrogen-bond donors (Lipinski definition) is 2. The minimum absolute atomic E-state index is 0.0660. The van der Waals surface area contributed by atoms with E-state index in [9.17, 15) is 0 Å². The Balaban J connectivity index is 1.89. The number of rotatable bonds is 1. The number of pyridine rings is 1. The molecule has 7 heteroatoms. The highest BCUT2D eigenvalue weighted by atomic mass is 16.5. The van der Waals surface area contributed by atoms with E-state index in [-0.39, 0.29) is 12.1 Å². The van der Waals surface area contributed by atoms with Crippen LogP contribution in [0, 0.1) is 0 Å². The summed E-state index contributed by atoms with van der Waals surface area (Å²) in [4.78, 5) is 12.7. The van der Waals surface area contributed by atoms with Crippen molar-refractivity contribution in [3.63, 3.8) is 0 Å². The van der Waals surface area contributed by atoms with Crippen molar-refractivity contribution in [2.45, 2.75) is 19.4 Å². The molecule has 0 amide bonds. The van der Waals surface area contributed by atoms with Gasteiger partial charge >= 0.3 is 0 Å². The molecule has 0 saturated carbocycles. The molecule has 1 aliphatic rings. The minimum atomic E-state index is 0.0660. The van der Waals surface area contributed by atoms with E-state index in [0.717, 1.165) is 39.7 Å². The first kappa shape index (κ1) is 14.0. The molecule has 0 fully saturated rings. The number of nitrogens with zero attached hydrogens (tertiary/aromatic N) is 4. The summed E-state index contributed by atoms with van der Waals surface area (Å²) in [5.74, 6) is 1.25. The van der Waals surface area contributed by atoms with E-state index in [1.807, 2.05) is 31.5 Å². The predicted molar refractivity (Wildman–Crippen MR) is 96.8 cm³/mol. The maximum atomic E-state index is 6.11. The summed E-state index contributed by atoms with van der Waals surface area (Å²) in [5, 5.41) is 1.85. The zero-order valence-electron chi connectivity index (χ0n) is 13.6. The number of nitrogens with two attached hydrogens (primary N) is 2. The Labute approximate surface area is 143 Å². The Morgan fingerprint density at radius 2 is 2.12 bits per heavy atom. The van der Waals surface area contributed by atoms with E-state index >= 15 is 0 Å². The Hall–Kier alpha value is -3.35. The number of fused-ring (bicyclic) bond motifs is 4. The second kappa shape index (κ2) is 4.83. The second-order valence-electron chi connectivity index (χ2n) is 6.32.